The number of hydrogen-bond donors (Lipinski definition) is 1. The average Bonchev–Trinajstić information content (AvgIpc) is 2.39. The second-order valence-corrected chi connectivity index (χ2v) is 6.56. The SMILES string of the molecule is CCCCCCN(C(=S)SC(C)=O)N1CCNCC1. The van der Waals surface area contributed by atoms with E-state index in [1.165, 1.54) is 31.0 Å². The lowest BCUT2D eigenvalue weighted by Crippen LogP contribution is -2.53. The fourth-order valence-electron chi connectivity index (χ4n) is 2.11. The topological polar surface area (TPSA) is 35.6 Å². The quantitative estimate of drug-likeness (QED) is 0.599. The second kappa shape index (κ2) is 9.69. The fourth-order valence-corrected chi connectivity index (χ4v) is 3.22. The third-order valence-electron chi connectivity index (χ3n) is 3.10. The third kappa shape index (κ3) is 6.70. The van der Waals surface area contributed by atoms with Gasteiger partial charge in [-0.25, -0.2) is 5.01 Å². The monoisotopic (exact) mass is 303 g/mol. The molecule has 4 nitrogen and oxygen atoms in total. The summed E-state index contributed by atoms with van der Waals surface area (Å²) < 4.78 is 0.700. The molecule has 0 bridgehead atoms. The van der Waals surface area contributed by atoms with Crippen molar-refractivity contribution in [2.24, 2.45) is 0 Å². The zero-order valence-electron chi connectivity index (χ0n) is 12.0. The Kier molecular flexibility index (Phi) is 8.61. The van der Waals surface area contributed by atoms with Gasteiger partial charge in [0.25, 0.3) is 0 Å². The largest absolute Gasteiger partial charge is 0.314 e. The van der Waals surface area contributed by atoms with Crippen LogP contribution in [0.5, 0.6) is 0 Å². The van der Waals surface area contributed by atoms with Crippen molar-refractivity contribution < 1.29 is 4.79 Å². The van der Waals surface area contributed by atoms with Crippen molar-refractivity contribution >= 4 is 33.4 Å². The zero-order chi connectivity index (χ0) is 14.1. The molecule has 6 heteroatoms. The van der Waals surface area contributed by atoms with Gasteiger partial charge in [0.05, 0.1) is 0 Å². The van der Waals surface area contributed by atoms with E-state index < -0.39 is 0 Å². The average molecular weight is 303 g/mol. The van der Waals surface area contributed by atoms with Crippen LogP contribution in [0.3, 0.4) is 0 Å². The van der Waals surface area contributed by atoms with E-state index in [1.807, 2.05) is 0 Å². The van der Waals surface area contributed by atoms with Crippen molar-refractivity contribution in [2.45, 2.75) is 39.5 Å². The maximum absolute atomic E-state index is 11.2. The zero-order valence-corrected chi connectivity index (χ0v) is 13.6. The minimum Gasteiger partial charge on any atom is -0.314 e. The van der Waals surface area contributed by atoms with Gasteiger partial charge in [0.2, 0.25) is 0 Å². The first-order valence-corrected chi connectivity index (χ1v) is 8.33. The van der Waals surface area contributed by atoms with E-state index in [1.54, 1.807) is 6.92 Å². The van der Waals surface area contributed by atoms with Crippen LogP contribution in [0.25, 0.3) is 0 Å². The van der Waals surface area contributed by atoms with Gasteiger partial charge in [-0.15, -0.1) is 0 Å². The third-order valence-corrected chi connectivity index (χ3v) is 4.23. The summed E-state index contributed by atoms with van der Waals surface area (Å²) in [4.78, 5) is 11.2. The van der Waals surface area contributed by atoms with Gasteiger partial charge in [-0.05, 0) is 18.2 Å². The first-order valence-electron chi connectivity index (χ1n) is 7.10. The van der Waals surface area contributed by atoms with Gasteiger partial charge < -0.3 is 5.32 Å². The highest BCUT2D eigenvalue weighted by atomic mass is 32.2. The molecule has 0 atom stereocenters. The van der Waals surface area contributed by atoms with Crippen LogP contribution in [0, 0.1) is 0 Å². The van der Waals surface area contributed by atoms with Crippen molar-refractivity contribution in [2.75, 3.05) is 32.7 Å². The maximum atomic E-state index is 11.2. The van der Waals surface area contributed by atoms with Gasteiger partial charge in [0.1, 0.15) is 0 Å². The summed E-state index contributed by atoms with van der Waals surface area (Å²) in [7, 11) is 0. The molecule has 1 fully saturated rings. The van der Waals surface area contributed by atoms with Crippen LogP contribution >= 0.6 is 24.0 Å². The number of hydrogen-bond acceptors (Lipinski definition) is 5. The highest BCUT2D eigenvalue weighted by molar-refractivity contribution is 8.32. The van der Waals surface area contributed by atoms with Crippen molar-refractivity contribution in [1.82, 2.24) is 15.3 Å². The van der Waals surface area contributed by atoms with E-state index in [2.05, 4.69) is 22.3 Å². The van der Waals surface area contributed by atoms with Gasteiger partial charge in [-0.2, -0.15) is 0 Å². The molecule has 1 aliphatic rings. The number of thiocarbonyl (C=S) groups is 1. The maximum Gasteiger partial charge on any atom is 0.192 e. The number of nitrogens with zero attached hydrogens (tertiary/aromatic N) is 2. The predicted molar refractivity (Wildman–Crippen MR) is 86.2 cm³/mol. The number of nitrogens with one attached hydrogen (secondary N) is 1. The summed E-state index contributed by atoms with van der Waals surface area (Å²) in [5.74, 6) is 0. The molecule has 1 N–H and O–H groups in total. The normalized spacial score (nSPS) is 16.3. The van der Waals surface area contributed by atoms with E-state index in [4.69, 9.17) is 12.2 Å². The minimum atomic E-state index is 0.0682. The Morgan fingerprint density at radius 2 is 2.00 bits per heavy atom. The van der Waals surface area contributed by atoms with Crippen LogP contribution in [0.4, 0.5) is 0 Å². The Labute approximate surface area is 126 Å². The molecule has 0 saturated carbocycles. The summed E-state index contributed by atoms with van der Waals surface area (Å²) in [6.45, 7) is 8.61. The van der Waals surface area contributed by atoms with E-state index >= 15 is 0 Å². The smallest absolute Gasteiger partial charge is 0.192 e. The first kappa shape index (κ1) is 16.9. The van der Waals surface area contributed by atoms with E-state index in [9.17, 15) is 4.79 Å². The lowest BCUT2D eigenvalue weighted by Gasteiger charge is -2.38. The number of piperazine rings is 1. The Bertz CT molecular complexity index is 294. The lowest BCUT2D eigenvalue weighted by molar-refractivity contribution is -0.109. The molecule has 0 aromatic carbocycles. The van der Waals surface area contributed by atoms with Crippen LogP contribution in [0.15, 0.2) is 0 Å². The second-order valence-electron chi connectivity index (χ2n) is 4.75. The molecule has 0 amide bonds. The van der Waals surface area contributed by atoms with E-state index in [0.29, 0.717) is 4.32 Å². The number of thioether (sulfide) groups is 1. The molecule has 19 heavy (non-hydrogen) atoms. The molecule has 1 rings (SSSR count). The van der Waals surface area contributed by atoms with Crippen LogP contribution in [0.1, 0.15) is 39.5 Å². The van der Waals surface area contributed by atoms with Gasteiger partial charge in [-0.1, -0.05) is 38.4 Å². The van der Waals surface area contributed by atoms with Crippen LogP contribution < -0.4 is 5.32 Å². The molecule has 0 radical (unpaired) electrons. The van der Waals surface area contributed by atoms with Crippen molar-refractivity contribution in [3.05, 3.63) is 0 Å². The van der Waals surface area contributed by atoms with Gasteiger partial charge >= 0.3 is 0 Å². The molecular weight excluding hydrogens is 278 g/mol. The Morgan fingerprint density at radius 1 is 1.32 bits per heavy atom. The highest BCUT2D eigenvalue weighted by Crippen LogP contribution is 2.15. The minimum absolute atomic E-state index is 0.0682. The number of rotatable bonds is 6. The Balaban J connectivity index is 2.50. The molecule has 0 spiro atoms. The Hall–Kier alpha value is -0.170. The predicted octanol–water partition coefficient (Wildman–Crippen LogP) is 2.25. The number of carbonyl (C=O) groups is 1. The molecule has 0 aromatic rings. The summed E-state index contributed by atoms with van der Waals surface area (Å²) in [5.41, 5.74) is 0. The fraction of sp³-hybridized carbons (Fsp3) is 0.846. The summed E-state index contributed by atoms with van der Waals surface area (Å²) in [6.07, 6.45) is 4.87. The molecule has 0 aromatic heterocycles. The highest BCUT2D eigenvalue weighted by Gasteiger charge is 2.21. The van der Waals surface area contributed by atoms with Crippen LogP contribution in [-0.2, 0) is 4.79 Å². The molecule has 1 aliphatic heterocycles. The molecule has 0 aliphatic carbocycles. The number of hydrazine groups is 1. The van der Waals surface area contributed by atoms with E-state index in [-0.39, 0.29) is 5.12 Å². The molecule has 0 unspecified atom stereocenters. The Morgan fingerprint density at radius 3 is 2.58 bits per heavy atom. The molecule has 110 valence electrons. The first-order chi connectivity index (χ1) is 9.15. The molecule has 1 saturated heterocycles. The van der Waals surface area contributed by atoms with Crippen LogP contribution in [0.2, 0.25) is 0 Å². The number of carbonyl (C=O) groups excluding carboxylic acids is 1. The summed E-state index contributed by atoms with van der Waals surface area (Å²) in [6, 6.07) is 0. The summed E-state index contributed by atoms with van der Waals surface area (Å²) in [5, 5.41) is 7.82. The van der Waals surface area contributed by atoms with Crippen molar-refractivity contribution in [1.29, 1.82) is 0 Å². The van der Waals surface area contributed by atoms with Gasteiger partial charge in [0.15, 0.2) is 9.44 Å². The standard InChI is InChI=1S/C13H25N3OS2/c1-3-4-5-6-9-16(13(18)19-12(2)17)15-10-7-14-8-11-15/h14H,3-11H2,1-2H3. The van der Waals surface area contributed by atoms with Gasteiger partial charge in [0, 0.05) is 39.6 Å². The summed E-state index contributed by atoms with van der Waals surface area (Å²) >= 11 is 6.59. The molecule has 1 heterocycles. The van der Waals surface area contributed by atoms with Crippen molar-refractivity contribution in [3.63, 3.8) is 0 Å². The molecular formula is C13H25N3OS2. The number of unbranched alkanes of at least 4 members (excludes halogenated alkanes) is 3. The van der Waals surface area contributed by atoms with Gasteiger partial charge in [-0.3, -0.25) is 9.80 Å². The van der Waals surface area contributed by atoms with E-state index in [0.717, 1.165) is 39.1 Å². The lowest BCUT2D eigenvalue weighted by atomic mass is 10.2. The van der Waals surface area contributed by atoms with Crippen LogP contribution in [-0.4, -0.2) is 52.2 Å². The van der Waals surface area contributed by atoms with Crippen molar-refractivity contribution in [3.8, 4) is 0 Å².